The lowest BCUT2D eigenvalue weighted by atomic mass is 9.47. The van der Waals surface area contributed by atoms with Crippen LogP contribution in [0.2, 0.25) is 0 Å². The largest absolute Gasteiger partial charge is 0.462 e. The van der Waals surface area contributed by atoms with E-state index in [9.17, 15) is 4.79 Å². The Morgan fingerprint density at radius 1 is 1.03 bits per heavy atom. The fourth-order valence-corrected chi connectivity index (χ4v) is 7.42. The third-order valence-corrected chi connectivity index (χ3v) is 8.84. The first-order valence-electron chi connectivity index (χ1n) is 11.2. The van der Waals surface area contributed by atoms with Crippen LogP contribution in [0.4, 0.5) is 0 Å². The van der Waals surface area contributed by atoms with Crippen LogP contribution in [0, 0.1) is 28.6 Å². The molecule has 0 unspecified atom stereocenters. The predicted molar refractivity (Wildman–Crippen MR) is 113 cm³/mol. The SMILES string of the molecule is CC(=O)O[C@H]1CC[C@@]2(C)C(=CC[C@@H]3[C@@H]2CC[C@]2(C)C(c4cncnc4)=CC[C@@H]32)C1. The molecule has 2 fully saturated rings. The van der Waals surface area contributed by atoms with Crippen molar-refractivity contribution in [3.8, 4) is 0 Å². The molecule has 1 aromatic heterocycles. The van der Waals surface area contributed by atoms with E-state index in [1.54, 1.807) is 11.9 Å². The molecule has 0 aromatic carbocycles. The number of esters is 1. The Kier molecular flexibility index (Phi) is 4.45. The van der Waals surface area contributed by atoms with Gasteiger partial charge in [0, 0.05) is 31.3 Å². The van der Waals surface area contributed by atoms with Gasteiger partial charge in [0.1, 0.15) is 12.4 Å². The quantitative estimate of drug-likeness (QED) is 0.502. The van der Waals surface area contributed by atoms with Gasteiger partial charge >= 0.3 is 5.97 Å². The molecule has 29 heavy (non-hydrogen) atoms. The number of rotatable bonds is 2. The van der Waals surface area contributed by atoms with Gasteiger partial charge in [-0.2, -0.15) is 0 Å². The Labute approximate surface area is 173 Å². The van der Waals surface area contributed by atoms with Crippen LogP contribution in [0.1, 0.15) is 71.3 Å². The van der Waals surface area contributed by atoms with E-state index < -0.39 is 0 Å². The van der Waals surface area contributed by atoms with Crippen LogP contribution in [-0.4, -0.2) is 22.0 Å². The standard InChI is InChI=1S/C25H32N2O2/c1-16(28)29-19-8-10-24(2)18(12-19)4-5-20-22-7-6-21(17-13-26-15-27-14-17)25(22,3)11-9-23(20)24/h4,6,13-15,19-20,22-23H,5,7-12H2,1-3H3/t19-,20-,22-,23-,24-,25+/m0/s1. The molecule has 4 nitrogen and oxygen atoms in total. The van der Waals surface area contributed by atoms with Crippen LogP contribution in [0.5, 0.6) is 0 Å². The summed E-state index contributed by atoms with van der Waals surface area (Å²) in [5.41, 5.74) is 4.75. The lowest BCUT2D eigenvalue weighted by Crippen LogP contribution is -2.50. The van der Waals surface area contributed by atoms with Gasteiger partial charge in [-0.15, -0.1) is 0 Å². The lowest BCUT2D eigenvalue weighted by molar-refractivity contribution is -0.148. The summed E-state index contributed by atoms with van der Waals surface area (Å²) in [6, 6.07) is 0. The average molecular weight is 393 g/mol. The minimum Gasteiger partial charge on any atom is -0.462 e. The van der Waals surface area contributed by atoms with Crippen molar-refractivity contribution in [2.45, 2.75) is 71.8 Å². The fraction of sp³-hybridized carbons (Fsp3) is 0.640. The Morgan fingerprint density at radius 3 is 2.55 bits per heavy atom. The van der Waals surface area contributed by atoms with E-state index in [1.165, 1.54) is 43.7 Å². The van der Waals surface area contributed by atoms with E-state index in [4.69, 9.17) is 4.74 Å². The van der Waals surface area contributed by atoms with Crippen molar-refractivity contribution in [1.82, 2.24) is 9.97 Å². The lowest BCUT2D eigenvalue weighted by Gasteiger charge is -2.57. The van der Waals surface area contributed by atoms with Crippen molar-refractivity contribution in [2.75, 3.05) is 0 Å². The molecule has 1 heterocycles. The van der Waals surface area contributed by atoms with Crippen molar-refractivity contribution >= 4 is 11.5 Å². The number of nitrogens with zero attached hydrogens (tertiary/aromatic N) is 2. The summed E-state index contributed by atoms with van der Waals surface area (Å²) in [4.78, 5) is 20.0. The number of allylic oxidation sites excluding steroid dienone is 3. The van der Waals surface area contributed by atoms with E-state index in [0.717, 1.165) is 31.1 Å². The summed E-state index contributed by atoms with van der Waals surface area (Å²) in [6.45, 7) is 6.51. The molecule has 0 saturated heterocycles. The highest BCUT2D eigenvalue weighted by atomic mass is 16.5. The van der Waals surface area contributed by atoms with Crippen LogP contribution in [0.25, 0.3) is 5.57 Å². The van der Waals surface area contributed by atoms with Crippen LogP contribution >= 0.6 is 0 Å². The molecule has 4 aliphatic rings. The van der Waals surface area contributed by atoms with Crippen LogP contribution < -0.4 is 0 Å². The fourth-order valence-electron chi connectivity index (χ4n) is 7.42. The van der Waals surface area contributed by atoms with E-state index in [-0.39, 0.29) is 22.9 Å². The Balaban J connectivity index is 1.41. The number of fused-ring (bicyclic) bond motifs is 5. The van der Waals surface area contributed by atoms with Gasteiger partial charge in [-0.25, -0.2) is 9.97 Å². The van der Waals surface area contributed by atoms with E-state index in [1.807, 2.05) is 12.4 Å². The van der Waals surface area contributed by atoms with Gasteiger partial charge < -0.3 is 4.74 Å². The second kappa shape index (κ2) is 6.78. The van der Waals surface area contributed by atoms with Gasteiger partial charge in [-0.05, 0) is 72.7 Å². The summed E-state index contributed by atoms with van der Waals surface area (Å²) in [5, 5.41) is 0. The first kappa shape index (κ1) is 19.0. The van der Waals surface area contributed by atoms with Crippen molar-refractivity contribution in [3.05, 3.63) is 42.0 Å². The second-order valence-electron chi connectivity index (χ2n) is 10.2. The minimum atomic E-state index is -0.143. The van der Waals surface area contributed by atoms with Crippen LogP contribution in [0.15, 0.2) is 36.4 Å². The topological polar surface area (TPSA) is 52.1 Å². The molecule has 154 valence electrons. The van der Waals surface area contributed by atoms with Crippen LogP contribution in [-0.2, 0) is 9.53 Å². The number of hydrogen-bond donors (Lipinski definition) is 0. The van der Waals surface area contributed by atoms with Crippen molar-refractivity contribution in [1.29, 1.82) is 0 Å². The highest BCUT2D eigenvalue weighted by Gasteiger charge is 2.57. The third kappa shape index (κ3) is 2.90. The molecule has 0 spiro atoms. The first-order chi connectivity index (χ1) is 13.9. The monoisotopic (exact) mass is 392 g/mol. The molecule has 0 bridgehead atoms. The van der Waals surface area contributed by atoms with Crippen molar-refractivity contribution in [3.63, 3.8) is 0 Å². The van der Waals surface area contributed by atoms with Crippen molar-refractivity contribution in [2.24, 2.45) is 28.6 Å². The summed E-state index contributed by atoms with van der Waals surface area (Å²) >= 11 is 0. The summed E-state index contributed by atoms with van der Waals surface area (Å²) in [7, 11) is 0. The highest BCUT2D eigenvalue weighted by molar-refractivity contribution is 5.72. The molecule has 4 heteroatoms. The first-order valence-corrected chi connectivity index (χ1v) is 11.2. The van der Waals surface area contributed by atoms with Gasteiger partial charge in [-0.3, -0.25) is 4.79 Å². The zero-order valence-corrected chi connectivity index (χ0v) is 17.9. The maximum Gasteiger partial charge on any atom is 0.302 e. The van der Waals surface area contributed by atoms with E-state index >= 15 is 0 Å². The molecule has 2 saturated carbocycles. The van der Waals surface area contributed by atoms with Gasteiger partial charge in [0.15, 0.2) is 0 Å². The number of aromatic nitrogens is 2. The maximum atomic E-state index is 11.4. The predicted octanol–water partition coefficient (Wildman–Crippen LogP) is 5.36. The number of ether oxygens (including phenoxy) is 1. The Bertz CT molecular complexity index is 876. The van der Waals surface area contributed by atoms with Gasteiger partial charge in [0.2, 0.25) is 0 Å². The Hall–Kier alpha value is -1.97. The molecule has 0 aliphatic heterocycles. The third-order valence-electron chi connectivity index (χ3n) is 8.84. The van der Waals surface area contributed by atoms with Crippen LogP contribution in [0.3, 0.4) is 0 Å². The van der Waals surface area contributed by atoms with E-state index in [2.05, 4.69) is 36.0 Å². The summed E-state index contributed by atoms with van der Waals surface area (Å²) in [6.07, 6.45) is 18.6. The Morgan fingerprint density at radius 2 is 1.79 bits per heavy atom. The molecule has 4 aliphatic carbocycles. The summed E-state index contributed by atoms with van der Waals surface area (Å²) < 4.78 is 5.57. The van der Waals surface area contributed by atoms with Gasteiger partial charge in [0.25, 0.3) is 0 Å². The molecule has 0 radical (unpaired) electrons. The summed E-state index contributed by atoms with van der Waals surface area (Å²) in [5.74, 6) is 2.05. The van der Waals surface area contributed by atoms with E-state index in [0.29, 0.717) is 5.92 Å². The smallest absolute Gasteiger partial charge is 0.302 e. The van der Waals surface area contributed by atoms with Gasteiger partial charge in [0.05, 0.1) is 0 Å². The number of carbonyl (C=O) groups is 1. The molecule has 1 aromatic rings. The molecule has 0 N–H and O–H groups in total. The molecular weight excluding hydrogens is 360 g/mol. The normalized spacial score (nSPS) is 40.8. The second-order valence-corrected chi connectivity index (χ2v) is 10.2. The maximum absolute atomic E-state index is 11.4. The average Bonchev–Trinajstić information content (AvgIpc) is 3.06. The molecular formula is C25H32N2O2. The number of hydrogen-bond acceptors (Lipinski definition) is 4. The minimum absolute atomic E-state index is 0.0788. The molecule has 6 atom stereocenters. The molecule has 0 amide bonds. The van der Waals surface area contributed by atoms with Crippen molar-refractivity contribution < 1.29 is 9.53 Å². The molecule has 5 rings (SSSR count). The van der Waals surface area contributed by atoms with Gasteiger partial charge in [-0.1, -0.05) is 31.6 Å². The zero-order valence-electron chi connectivity index (χ0n) is 17.9. The number of carbonyl (C=O) groups excluding carboxylic acids is 1. The zero-order chi connectivity index (χ0) is 20.2. The highest BCUT2D eigenvalue weighted by Crippen LogP contribution is 2.66.